The molecule has 0 unspecified atom stereocenters. The van der Waals surface area contributed by atoms with E-state index in [-0.39, 0.29) is 12.4 Å². The monoisotopic (exact) mass is 216 g/mol. The van der Waals surface area contributed by atoms with Crippen LogP contribution in [0.5, 0.6) is 5.75 Å². The van der Waals surface area contributed by atoms with Crippen LogP contribution in [-0.4, -0.2) is 10.2 Å². The summed E-state index contributed by atoms with van der Waals surface area (Å²) >= 11 is 3.16. The number of rotatable bonds is 1. The van der Waals surface area contributed by atoms with Crippen LogP contribution in [0, 0.1) is 6.92 Å². The van der Waals surface area contributed by atoms with Crippen LogP contribution in [0.4, 0.5) is 0 Å². The number of hydrogen-bond acceptors (Lipinski definition) is 2. The molecule has 0 amide bonds. The molecule has 2 N–H and O–H groups in total. The quantitative estimate of drug-likeness (QED) is 0.754. The first kappa shape index (κ1) is 8.56. The molecule has 0 spiro atoms. The third kappa shape index (κ3) is 1.73. The Kier molecular flexibility index (Phi) is 2.52. The zero-order valence-corrected chi connectivity index (χ0v) is 7.72. The minimum Gasteiger partial charge on any atom is -0.507 e. The number of halogens is 1. The molecule has 0 saturated heterocycles. The molecule has 60 valence electrons. The van der Waals surface area contributed by atoms with E-state index in [2.05, 4.69) is 15.9 Å². The van der Waals surface area contributed by atoms with Crippen LogP contribution in [-0.2, 0) is 6.61 Å². The van der Waals surface area contributed by atoms with Crippen molar-refractivity contribution in [3.05, 3.63) is 27.7 Å². The van der Waals surface area contributed by atoms with Crippen molar-refractivity contribution in [2.24, 2.45) is 0 Å². The van der Waals surface area contributed by atoms with Gasteiger partial charge < -0.3 is 10.2 Å². The van der Waals surface area contributed by atoms with Gasteiger partial charge in [0.1, 0.15) is 5.75 Å². The van der Waals surface area contributed by atoms with E-state index in [9.17, 15) is 5.11 Å². The molecule has 0 fully saturated rings. The minimum absolute atomic E-state index is 0.00468. The van der Waals surface area contributed by atoms with Gasteiger partial charge in [-0.25, -0.2) is 0 Å². The molecule has 0 aliphatic heterocycles. The molecule has 3 heteroatoms. The summed E-state index contributed by atoms with van der Waals surface area (Å²) in [6.45, 7) is 1.85. The second-order valence-electron chi connectivity index (χ2n) is 2.39. The van der Waals surface area contributed by atoms with Crippen molar-refractivity contribution in [1.82, 2.24) is 0 Å². The van der Waals surface area contributed by atoms with Crippen molar-refractivity contribution >= 4 is 15.9 Å². The maximum Gasteiger partial charge on any atom is 0.130 e. The maximum atomic E-state index is 9.19. The number of aromatic hydroxyl groups is 1. The predicted molar refractivity (Wildman–Crippen MR) is 46.5 cm³/mol. The Morgan fingerprint density at radius 1 is 1.45 bits per heavy atom. The van der Waals surface area contributed by atoms with Crippen molar-refractivity contribution < 1.29 is 10.2 Å². The second kappa shape index (κ2) is 3.24. The van der Waals surface area contributed by atoms with Crippen molar-refractivity contribution in [3.63, 3.8) is 0 Å². The fourth-order valence-electron chi connectivity index (χ4n) is 0.878. The number of aliphatic hydroxyl groups excluding tert-OH is 1. The first-order chi connectivity index (χ1) is 5.15. The van der Waals surface area contributed by atoms with E-state index < -0.39 is 0 Å². The van der Waals surface area contributed by atoms with Gasteiger partial charge in [0.05, 0.1) is 11.1 Å². The van der Waals surface area contributed by atoms with E-state index in [1.54, 1.807) is 12.1 Å². The van der Waals surface area contributed by atoms with Gasteiger partial charge in [-0.05, 0) is 46.1 Å². The molecule has 0 radical (unpaired) electrons. The first-order valence-electron chi connectivity index (χ1n) is 3.24. The molecule has 1 aromatic carbocycles. The fourth-order valence-corrected chi connectivity index (χ4v) is 1.27. The Bertz CT molecular complexity index is 271. The lowest BCUT2D eigenvalue weighted by atomic mass is 10.1. The number of aliphatic hydroxyl groups is 1. The van der Waals surface area contributed by atoms with Crippen LogP contribution in [0.1, 0.15) is 11.1 Å². The molecular formula is C8H9BrO2. The number of phenolic OH excluding ortho intramolecular Hbond substituents is 1. The molecule has 0 heterocycles. The van der Waals surface area contributed by atoms with Crippen molar-refractivity contribution in [2.45, 2.75) is 13.5 Å². The Labute approximate surface area is 73.6 Å². The lowest BCUT2D eigenvalue weighted by Gasteiger charge is -2.04. The normalized spacial score (nSPS) is 10.1. The third-order valence-electron chi connectivity index (χ3n) is 1.58. The summed E-state index contributed by atoms with van der Waals surface area (Å²) in [5.74, 6) is 0.208. The summed E-state index contributed by atoms with van der Waals surface area (Å²) < 4.78 is 0.618. The van der Waals surface area contributed by atoms with Crippen molar-refractivity contribution in [3.8, 4) is 5.75 Å². The van der Waals surface area contributed by atoms with Gasteiger partial charge in [-0.2, -0.15) is 0 Å². The highest BCUT2D eigenvalue weighted by atomic mass is 79.9. The summed E-state index contributed by atoms with van der Waals surface area (Å²) in [7, 11) is 0. The van der Waals surface area contributed by atoms with Gasteiger partial charge in [-0.3, -0.25) is 0 Å². The van der Waals surface area contributed by atoms with Crippen LogP contribution in [0.25, 0.3) is 0 Å². The molecule has 0 saturated carbocycles. The van der Waals surface area contributed by atoms with Crippen LogP contribution in [0.2, 0.25) is 0 Å². The predicted octanol–water partition coefficient (Wildman–Crippen LogP) is 1.96. The van der Waals surface area contributed by atoms with Crippen LogP contribution in [0.15, 0.2) is 16.6 Å². The van der Waals surface area contributed by atoms with Gasteiger partial charge in [0.15, 0.2) is 0 Å². The lowest BCUT2D eigenvalue weighted by Crippen LogP contribution is -1.87. The second-order valence-corrected chi connectivity index (χ2v) is 3.24. The summed E-state index contributed by atoms with van der Waals surface area (Å²) in [6.07, 6.45) is 0. The highest BCUT2D eigenvalue weighted by Gasteiger charge is 2.02. The Morgan fingerprint density at radius 2 is 2.09 bits per heavy atom. The smallest absolute Gasteiger partial charge is 0.130 e. The average Bonchev–Trinajstić information content (AvgIpc) is 1.97. The van der Waals surface area contributed by atoms with E-state index in [0.717, 1.165) is 11.1 Å². The highest BCUT2D eigenvalue weighted by molar-refractivity contribution is 9.10. The zero-order chi connectivity index (χ0) is 8.43. The van der Waals surface area contributed by atoms with Crippen molar-refractivity contribution in [2.75, 3.05) is 0 Å². The number of hydrogen-bond donors (Lipinski definition) is 2. The molecule has 0 aliphatic carbocycles. The maximum absolute atomic E-state index is 9.19. The molecule has 0 atom stereocenters. The van der Waals surface area contributed by atoms with Gasteiger partial charge in [0.2, 0.25) is 0 Å². The largest absolute Gasteiger partial charge is 0.507 e. The molecular weight excluding hydrogens is 208 g/mol. The Balaban J connectivity index is 3.21. The topological polar surface area (TPSA) is 40.5 Å². The summed E-state index contributed by atoms with van der Waals surface area (Å²) in [5, 5.41) is 18.0. The Morgan fingerprint density at radius 3 is 2.64 bits per heavy atom. The molecule has 2 nitrogen and oxygen atoms in total. The molecule has 0 aromatic heterocycles. The van der Waals surface area contributed by atoms with Crippen LogP contribution in [0.3, 0.4) is 0 Å². The molecule has 0 bridgehead atoms. The zero-order valence-electron chi connectivity index (χ0n) is 6.13. The summed E-state index contributed by atoms with van der Waals surface area (Å²) in [4.78, 5) is 0. The van der Waals surface area contributed by atoms with Crippen LogP contribution >= 0.6 is 15.9 Å². The van der Waals surface area contributed by atoms with E-state index in [1.807, 2.05) is 6.92 Å². The van der Waals surface area contributed by atoms with Gasteiger partial charge in [0.25, 0.3) is 0 Å². The fraction of sp³-hybridized carbons (Fsp3) is 0.250. The van der Waals surface area contributed by atoms with Crippen molar-refractivity contribution in [1.29, 1.82) is 0 Å². The van der Waals surface area contributed by atoms with E-state index in [4.69, 9.17) is 5.11 Å². The molecule has 1 aromatic rings. The lowest BCUT2D eigenvalue weighted by molar-refractivity contribution is 0.281. The van der Waals surface area contributed by atoms with E-state index in [1.165, 1.54) is 0 Å². The molecule has 1 rings (SSSR count). The van der Waals surface area contributed by atoms with Gasteiger partial charge >= 0.3 is 0 Å². The van der Waals surface area contributed by atoms with Gasteiger partial charge in [-0.15, -0.1) is 0 Å². The highest BCUT2D eigenvalue weighted by Crippen LogP contribution is 2.26. The van der Waals surface area contributed by atoms with Gasteiger partial charge in [-0.1, -0.05) is 0 Å². The number of benzene rings is 1. The van der Waals surface area contributed by atoms with Gasteiger partial charge in [0, 0.05) is 0 Å². The molecule has 0 aliphatic rings. The first-order valence-corrected chi connectivity index (χ1v) is 4.03. The summed E-state index contributed by atoms with van der Waals surface area (Å²) in [6, 6.07) is 3.33. The standard InChI is InChI=1S/C8H9BrO2/c1-5-2-8(11)7(9)3-6(5)4-10/h2-3,10-11H,4H2,1H3. The molecule has 11 heavy (non-hydrogen) atoms. The van der Waals surface area contributed by atoms with E-state index in [0.29, 0.717) is 4.47 Å². The number of aryl methyl sites for hydroxylation is 1. The third-order valence-corrected chi connectivity index (χ3v) is 2.21. The summed E-state index contributed by atoms with van der Waals surface area (Å²) in [5.41, 5.74) is 1.72. The van der Waals surface area contributed by atoms with Crippen LogP contribution < -0.4 is 0 Å². The van der Waals surface area contributed by atoms with E-state index >= 15 is 0 Å². The SMILES string of the molecule is Cc1cc(O)c(Br)cc1CO. The average molecular weight is 217 g/mol. The minimum atomic E-state index is 0.00468. The Hall–Kier alpha value is -0.540. The number of phenols is 1.